The summed E-state index contributed by atoms with van der Waals surface area (Å²) in [6.07, 6.45) is 2.64. The van der Waals surface area contributed by atoms with Crippen LogP contribution in [0.25, 0.3) is 0 Å². The van der Waals surface area contributed by atoms with Gasteiger partial charge >= 0.3 is 0 Å². The number of nitrogens with one attached hydrogen (secondary N) is 1. The third kappa shape index (κ3) is 5.14. The lowest BCUT2D eigenvalue weighted by atomic mass is 9.95. The summed E-state index contributed by atoms with van der Waals surface area (Å²) in [6, 6.07) is 13.9. The topological polar surface area (TPSA) is 49.4 Å². The van der Waals surface area contributed by atoms with Crippen LogP contribution >= 0.6 is 11.6 Å². The molecule has 0 bridgehead atoms. The summed E-state index contributed by atoms with van der Waals surface area (Å²) in [4.78, 5) is 27.0. The third-order valence-corrected chi connectivity index (χ3v) is 5.67. The van der Waals surface area contributed by atoms with Crippen LogP contribution in [0.15, 0.2) is 42.5 Å². The number of amides is 2. The largest absolute Gasteiger partial charge is 0.343 e. The Morgan fingerprint density at radius 1 is 1.11 bits per heavy atom. The van der Waals surface area contributed by atoms with Crippen LogP contribution in [-0.4, -0.2) is 29.8 Å². The van der Waals surface area contributed by atoms with Crippen molar-refractivity contribution in [2.75, 3.05) is 18.4 Å². The zero-order chi connectivity index (χ0) is 20.1. The normalized spacial score (nSPS) is 14.8. The van der Waals surface area contributed by atoms with Crippen LogP contribution in [0.4, 0.5) is 5.69 Å². The SMILES string of the molecule is Cc1cc(C)c(NC(=O)C2CCN(C(=O)CCc3ccccc3)CC2)c(Cl)c1. The second-order valence-electron chi connectivity index (χ2n) is 7.57. The molecule has 1 N–H and O–H groups in total. The molecule has 1 aliphatic rings. The maximum atomic E-state index is 12.7. The van der Waals surface area contributed by atoms with E-state index in [1.807, 2.05) is 61.2 Å². The van der Waals surface area contributed by atoms with E-state index in [1.165, 1.54) is 5.56 Å². The number of piperidine rings is 1. The van der Waals surface area contributed by atoms with Gasteiger partial charge in [0.15, 0.2) is 0 Å². The fourth-order valence-corrected chi connectivity index (χ4v) is 4.11. The van der Waals surface area contributed by atoms with Crippen molar-refractivity contribution in [3.8, 4) is 0 Å². The van der Waals surface area contributed by atoms with Gasteiger partial charge in [0.1, 0.15) is 0 Å². The van der Waals surface area contributed by atoms with Crippen molar-refractivity contribution in [1.29, 1.82) is 0 Å². The summed E-state index contributed by atoms with van der Waals surface area (Å²) in [7, 11) is 0. The lowest BCUT2D eigenvalue weighted by molar-refractivity contribution is -0.134. The van der Waals surface area contributed by atoms with Gasteiger partial charge in [0, 0.05) is 25.4 Å². The van der Waals surface area contributed by atoms with Gasteiger partial charge in [-0.15, -0.1) is 0 Å². The molecule has 0 atom stereocenters. The number of hydrogen-bond acceptors (Lipinski definition) is 2. The molecule has 0 radical (unpaired) electrons. The number of benzene rings is 2. The first-order valence-corrected chi connectivity index (χ1v) is 10.2. The summed E-state index contributed by atoms with van der Waals surface area (Å²) in [6.45, 7) is 5.19. The summed E-state index contributed by atoms with van der Waals surface area (Å²) in [5.41, 5.74) is 3.91. The van der Waals surface area contributed by atoms with Gasteiger partial charge in [-0.25, -0.2) is 0 Å². The maximum absolute atomic E-state index is 12.7. The lowest BCUT2D eigenvalue weighted by Gasteiger charge is -2.31. The Balaban J connectivity index is 1.49. The zero-order valence-corrected chi connectivity index (χ0v) is 17.3. The molecule has 2 aromatic rings. The standard InChI is InChI=1S/C23H27ClN2O2/c1-16-14-17(2)22(20(24)15-16)25-23(28)19-10-12-26(13-11-19)21(27)9-8-18-6-4-3-5-7-18/h3-7,14-15,19H,8-13H2,1-2H3,(H,25,28). The minimum atomic E-state index is -0.0880. The highest BCUT2D eigenvalue weighted by atomic mass is 35.5. The quantitative estimate of drug-likeness (QED) is 0.788. The molecule has 28 heavy (non-hydrogen) atoms. The number of aryl methyl sites for hydroxylation is 3. The minimum Gasteiger partial charge on any atom is -0.343 e. The maximum Gasteiger partial charge on any atom is 0.227 e. The van der Waals surface area contributed by atoms with Crippen molar-refractivity contribution in [3.63, 3.8) is 0 Å². The molecule has 1 fully saturated rings. The van der Waals surface area contributed by atoms with Crippen molar-refractivity contribution in [3.05, 3.63) is 64.2 Å². The number of likely N-dealkylation sites (tertiary alicyclic amines) is 1. The number of rotatable bonds is 5. The van der Waals surface area contributed by atoms with Gasteiger partial charge in [-0.1, -0.05) is 48.0 Å². The van der Waals surface area contributed by atoms with Gasteiger partial charge in [-0.05, 0) is 55.9 Å². The monoisotopic (exact) mass is 398 g/mol. The van der Waals surface area contributed by atoms with E-state index in [4.69, 9.17) is 11.6 Å². The van der Waals surface area contributed by atoms with Crippen LogP contribution < -0.4 is 5.32 Å². The van der Waals surface area contributed by atoms with Gasteiger partial charge < -0.3 is 10.2 Å². The fraction of sp³-hybridized carbons (Fsp3) is 0.391. The average molecular weight is 399 g/mol. The number of nitrogens with zero attached hydrogens (tertiary/aromatic N) is 1. The predicted molar refractivity (Wildman–Crippen MR) is 114 cm³/mol. The van der Waals surface area contributed by atoms with E-state index in [1.54, 1.807) is 0 Å². The molecule has 0 aromatic heterocycles. The van der Waals surface area contributed by atoms with Crippen molar-refractivity contribution in [2.45, 2.75) is 39.5 Å². The molecular weight excluding hydrogens is 372 g/mol. The third-order valence-electron chi connectivity index (χ3n) is 5.37. The van der Waals surface area contributed by atoms with E-state index in [-0.39, 0.29) is 17.7 Å². The Kier molecular flexibility index (Phi) is 6.74. The number of carbonyl (C=O) groups excluding carboxylic acids is 2. The molecule has 2 amide bonds. The van der Waals surface area contributed by atoms with Crippen LogP contribution in [0, 0.1) is 19.8 Å². The first-order valence-electron chi connectivity index (χ1n) is 9.83. The van der Waals surface area contributed by atoms with Crippen molar-refractivity contribution in [1.82, 2.24) is 4.90 Å². The van der Waals surface area contributed by atoms with Crippen LogP contribution in [0.1, 0.15) is 36.0 Å². The van der Waals surface area contributed by atoms with E-state index >= 15 is 0 Å². The zero-order valence-electron chi connectivity index (χ0n) is 16.5. The summed E-state index contributed by atoms with van der Waals surface area (Å²) in [5.74, 6) is 0.0697. The van der Waals surface area contributed by atoms with Gasteiger partial charge in [-0.2, -0.15) is 0 Å². The van der Waals surface area contributed by atoms with Crippen LogP contribution in [0.5, 0.6) is 0 Å². The van der Waals surface area contributed by atoms with Gasteiger partial charge in [0.25, 0.3) is 0 Å². The molecule has 148 valence electrons. The summed E-state index contributed by atoms with van der Waals surface area (Å²) < 4.78 is 0. The van der Waals surface area contributed by atoms with Crippen molar-refractivity contribution >= 4 is 29.1 Å². The molecule has 1 aliphatic heterocycles. The van der Waals surface area contributed by atoms with Gasteiger partial charge in [0.2, 0.25) is 11.8 Å². The Bertz CT molecular complexity index is 820. The number of halogens is 1. The molecule has 0 spiro atoms. The van der Waals surface area contributed by atoms with E-state index in [0.717, 1.165) is 17.5 Å². The first kappa shape index (κ1) is 20.4. The predicted octanol–water partition coefficient (Wildman–Crippen LogP) is 4.77. The Morgan fingerprint density at radius 3 is 2.43 bits per heavy atom. The smallest absolute Gasteiger partial charge is 0.227 e. The molecule has 0 aliphatic carbocycles. The van der Waals surface area contributed by atoms with Crippen molar-refractivity contribution < 1.29 is 9.59 Å². The molecule has 1 saturated heterocycles. The summed E-state index contributed by atoms with van der Waals surface area (Å²) in [5, 5.41) is 3.56. The van der Waals surface area contributed by atoms with E-state index in [0.29, 0.717) is 43.1 Å². The molecule has 1 heterocycles. The van der Waals surface area contributed by atoms with Gasteiger partial charge in [-0.3, -0.25) is 9.59 Å². The molecule has 2 aromatic carbocycles. The molecule has 3 rings (SSSR count). The Morgan fingerprint density at radius 2 is 1.79 bits per heavy atom. The second kappa shape index (κ2) is 9.24. The minimum absolute atomic E-state index is 0.00904. The number of anilines is 1. The Labute approximate surface area is 171 Å². The molecule has 5 heteroatoms. The lowest BCUT2D eigenvalue weighted by Crippen LogP contribution is -2.41. The van der Waals surface area contributed by atoms with E-state index < -0.39 is 0 Å². The van der Waals surface area contributed by atoms with Crippen LogP contribution in [-0.2, 0) is 16.0 Å². The molecule has 4 nitrogen and oxygen atoms in total. The highest BCUT2D eigenvalue weighted by Crippen LogP contribution is 2.29. The highest BCUT2D eigenvalue weighted by molar-refractivity contribution is 6.34. The second-order valence-corrected chi connectivity index (χ2v) is 7.98. The molecule has 0 unspecified atom stereocenters. The first-order chi connectivity index (χ1) is 13.4. The van der Waals surface area contributed by atoms with Crippen LogP contribution in [0.2, 0.25) is 5.02 Å². The number of carbonyl (C=O) groups is 2. The average Bonchev–Trinajstić information content (AvgIpc) is 2.69. The number of hydrogen-bond donors (Lipinski definition) is 1. The van der Waals surface area contributed by atoms with Gasteiger partial charge in [0.05, 0.1) is 10.7 Å². The van der Waals surface area contributed by atoms with Crippen LogP contribution in [0.3, 0.4) is 0 Å². The Hall–Kier alpha value is -2.33. The summed E-state index contributed by atoms with van der Waals surface area (Å²) >= 11 is 6.30. The molecular formula is C23H27ClN2O2. The molecule has 0 saturated carbocycles. The van der Waals surface area contributed by atoms with Crippen molar-refractivity contribution in [2.24, 2.45) is 5.92 Å². The van der Waals surface area contributed by atoms with E-state index in [2.05, 4.69) is 5.32 Å². The fourth-order valence-electron chi connectivity index (χ4n) is 3.74. The highest BCUT2D eigenvalue weighted by Gasteiger charge is 2.27. The van der Waals surface area contributed by atoms with E-state index in [9.17, 15) is 9.59 Å².